The van der Waals surface area contributed by atoms with Gasteiger partial charge < -0.3 is 19.9 Å². The van der Waals surface area contributed by atoms with Crippen molar-refractivity contribution in [2.75, 3.05) is 7.11 Å². The molecule has 0 radical (unpaired) electrons. The molecule has 3 atom stereocenters. The zero-order valence-electron chi connectivity index (χ0n) is 22.2. The topological polar surface area (TPSA) is 116 Å². The van der Waals surface area contributed by atoms with E-state index >= 15 is 0 Å². The number of hydrogen-bond donors (Lipinski definition) is 3. The van der Waals surface area contributed by atoms with Crippen LogP contribution in [0.2, 0.25) is 0 Å². The van der Waals surface area contributed by atoms with Crippen molar-refractivity contribution in [2.24, 2.45) is 5.92 Å². The summed E-state index contributed by atoms with van der Waals surface area (Å²) in [5, 5.41) is 11.3. The maximum Gasteiger partial charge on any atom is 0.274 e. The predicted molar refractivity (Wildman–Crippen MR) is 144 cm³/mol. The lowest BCUT2D eigenvalue weighted by molar-refractivity contribution is -0.127. The number of carbonyl (C=O) groups is 2. The number of H-pyrrole nitrogens is 2. The molecule has 202 valence electrons. The Morgan fingerprint density at radius 2 is 1.92 bits per heavy atom. The number of rotatable bonds is 6. The summed E-state index contributed by atoms with van der Waals surface area (Å²) in [7, 11) is 1.45. The standard InChI is InChI=1S/C29H31FN6O3/c1-15-16(2)33-24-7-4-17(8-21(15)24)13-32-28(37)18-9-19-5-6-20(10-18)36(19)29(38)26-12-25(34-35-26)22-11-27(39-3)31-14-23(22)30/h4,7-8,11-12,14,18-20,33H,5-6,9-10,13H2,1-3H3,(H,32,37)(H,34,35)/t18?,19-,20+. The third kappa shape index (κ3) is 4.53. The van der Waals surface area contributed by atoms with E-state index in [4.69, 9.17) is 4.74 Å². The first-order chi connectivity index (χ1) is 18.8. The summed E-state index contributed by atoms with van der Waals surface area (Å²) in [5.74, 6) is -0.577. The first-order valence-electron chi connectivity index (χ1n) is 13.3. The van der Waals surface area contributed by atoms with Gasteiger partial charge in [-0.2, -0.15) is 5.10 Å². The van der Waals surface area contributed by atoms with E-state index in [1.54, 1.807) is 6.07 Å². The van der Waals surface area contributed by atoms with E-state index in [2.05, 4.69) is 51.5 Å². The van der Waals surface area contributed by atoms with Crippen LogP contribution in [-0.4, -0.2) is 56.1 Å². The van der Waals surface area contributed by atoms with Crippen LogP contribution in [0, 0.1) is 25.6 Å². The number of pyridine rings is 1. The quantitative estimate of drug-likeness (QED) is 0.341. The summed E-state index contributed by atoms with van der Waals surface area (Å²) in [6.45, 7) is 4.63. The molecule has 2 fully saturated rings. The molecule has 2 aliphatic rings. The van der Waals surface area contributed by atoms with E-state index in [1.165, 1.54) is 24.1 Å². The fraction of sp³-hybridized carbons (Fsp3) is 0.379. The molecule has 6 rings (SSSR count). The number of aromatic amines is 2. The van der Waals surface area contributed by atoms with Crippen LogP contribution in [-0.2, 0) is 11.3 Å². The van der Waals surface area contributed by atoms with Gasteiger partial charge in [0.1, 0.15) is 0 Å². The van der Waals surface area contributed by atoms with Crippen molar-refractivity contribution in [3.8, 4) is 17.1 Å². The lowest BCUT2D eigenvalue weighted by Crippen LogP contribution is -2.49. The second-order valence-corrected chi connectivity index (χ2v) is 10.6. The minimum absolute atomic E-state index is 0.0215. The Balaban J connectivity index is 1.11. The van der Waals surface area contributed by atoms with Gasteiger partial charge in [0.15, 0.2) is 11.5 Å². The van der Waals surface area contributed by atoms with E-state index in [9.17, 15) is 14.0 Å². The summed E-state index contributed by atoms with van der Waals surface area (Å²) < 4.78 is 19.5. The van der Waals surface area contributed by atoms with E-state index < -0.39 is 5.82 Å². The first kappa shape index (κ1) is 25.1. The van der Waals surface area contributed by atoms with Gasteiger partial charge in [0.25, 0.3) is 5.91 Å². The molecule has 5 heterocycles. The third-order valence-electron chi connectivity index (χ3n) is 8.30. The highest BCUT2D eigenvalue weighted by Crippen LogP contribution is 2.40. The number of piperidine rings is 1. The Labute approximate surface area is 225 Å². The summed E-state index contributed by atoms with van der Waals surface area (Å²) in [6.07, 6.45) is 4.04. The average molecular weight is 531 g/mol. The molecule has 1 aromatic carbocycles. The average Bonchev–Trinajstić information content (AvgIpc) is 3.61. The van der Waals surface area contributed by atoms with Gasteiger partial charge in [-0.1, -0.05) is 6.07 Å². The number of nitrogens with zero attached hydrogens (tertiary/aromatic N) is 3. The normalized spacial score (nSPS) is 20.4. The van der Waals surface area contributed by atoms with Crippen molar-refractivity contribution < 1.29 is 18.7 Å². The third-order valence-corrected chi connectivity index (χ3v) is 8.30. The summed E-state index contributed by atoms with van der Waals surface area (Å²) >= 11 is 0. The number of ether oxygens (including phenoxy) is 1. The Morgan fingerprint density at radius 1 is 1.15 bits per heavy atom. The van der Waals surface area contributed by atoms with Crippen LogP contribution in [0.1, 0.15) is 53.0 Å². The molecule has 0 aliphatic carbocycles. The number of nitrogens with one attached hydrogen (secondary N) is 3. The van der Waals surface area contributed by atoms with Crippen LogP contribution in [0.25, 0.3) is 22.2 Å². The SMILES string of the molecule is COc1cc(-c2cc(C(=O)N3[C@@H]4CC[C@H]3CC(C(=O)NCc3ccc5[nH]c(C)c(C)c5c3)C4)n[nH]2)c(F)cn1. The molecule has 2 amide bonds. The van der Waals surface area contributed by atoms with Gasteiger partial charge in [-0.05, 0) is 68.9 Å². The molecule has 2 aliphatic heterocycles. The second-order valence-electron chi connectivity index (χ2n) is 10.6. The van der Waals surface area contributed by atoms with Gasteiger partial charge in [-0.25, -0.2) is 9.37 Å². The summed E-state index contributed by atoms with van der Waals surface area (Å²) in [5.41, 5.74) is 5.37. The lowest BCUT2D eigenvalue weighted by Gasteiger charge is -2.38. The van der Waals surface area contributed by atoms with Crippen molar-refractivity contribution in [1.29, 1.82) is 0 Å². The highest BCUT2D eigenvalue weighted by Gasteiger charge is 2.45. The highest BCUT2D eigenvalue weighted by atomic mass is 19.1. The van der Waals surface area contributed by atoms with E-state index in [0.29, 0.717) is 25.1 Å². The Kier molecular flexibility index (Phi) is 6.32. The molecular formula is C29H31FN6O3. The first-order valence-corrected chi connectivity index (χ1v) is 13.3. The van der Waals surface area contributed by atoms with Crippen LogP contribution in [0.5, 0.6) is 5.88 Å². The molecule has 10 heteroatoms. The van der Waals surface area contributed by atoms with E-state index in [0.717, 1.165) is 35.8 Å². The van der Waals surface area contributed by atoms with Crippen molar-refractivity contribution >= 4 is 22.7 Å². The maximum atomic E-state index is 14.4. The monoisotopic (exact) mass is 530 g/mol. The summed E-state index contributed by atoms with van der Waals surface area (Å²) in [6, 6.07) is 9.20. The highest BCUT2D eigenvalue weighted by molar-refractivity contribution is 5.94. The maximum absolute atomic E-state index is 14.4. The van der Waals surface area contributed by atoms with Gasteiger partial charge in [0.2, 0.25) is 11.8 Å². The Hall–Kier alpha value is -4.21. The minimum atomic E-state index is -0.538. The van der Waals surface area contributed by atoms with Gasteiger partial charge in [-0.3, -0.25) is 14.7 Å². The van der Waals surface area contributed by atoms with Gasteiger partial charge in [0.05, 0.1) is 19.0 Å². The van der Waals surface area contributed by atoms with Gasteiger partial charge >= 0.3 is 0 Å². The largest absolute Gasteiger partial charge is 0.481 e. The molecular weight excluding hydrogens is 499 g/mol. The van der Waals surface area contributed by atoms with Crippen molar-refractivity contribution in [1.82, 2.24) is 30.4 Å². The predicted octanol–water partition coefficient (Wildman–Crippen LogP) is 4.42. The van der Waals surface area contributed by atoms with Crippen LogP contribution in [0.15, 0.2) is 36.5 Å². The number of amides is 2. The van der Waals surface area contributed by atoms with Crippen molar-refractivity contribution in [3.05, 3.63) is 64.9 Å². The molecule has 39 heavy (non-hydrogen) atoms. The van der Waals surface area contributed by atoms with Crippen molar-refractivity contribution in [2.45, 2.75) is 58.2 Å². The molecule has 4 aromatic rings. The van der Waals surface area contributed by atoms with Crippen LogP contribution in [0.3, 0.4) is 0 Å². The molecule has 2 saturated heterocycles. The van der Waals surface area contributed by atoms with Gasteiger partial charge in [0, 0.05) is 52.8 Å². The second kappa shape index (κ2) is 9.83. The van der Waals surface area contributed by atoms with E-state index in [-0.39, 0.29) is 47.0 Å². The number of hydrogen-bond acceptors (Lipinski definition) is 5. The fourth-order valence-electron chi connectivity index (χ4n) is 6.11. The lowest BCUT2D eigenvalue weighted by atomic mass is 9.89. The number of aromatic nitrogens is 4. The summed E-state index contributed by atoms with van der Waals surface area (Å²) in [4.78, 5) is 35.7. The fourth-order valence-corrected chi connectivity index (χ4v) is 6.11. The number of aryl methyl sites for hydroxylation is 2. The number of benzene rings is 1. The van der Waals surface area contributed by atoms with E-state index in [1.807, 2.05) is 11.0 Å². The molecule has 0 spiro atoms. The Morgan fingerprint density at radius 3 is 2.67 bits per heavy atom. The molecule has 3 N–H and O–H groups in total. The number of fused-ring (bicyclic) bond motifs is 3. The molecule has 1 unspecified atom stereocenters. The van der Waals surface area contributed by atoms with Crippen LogP contribution >= 0.6 is 0 Å². The molecule has 9 nitrogen and oxygen atoms in total. The van der Waals surface area contributed by atoms with Crippen molar-refractivity contribution in [3.63, 3.8) is 0 Å². The Bertz CT molecular complexity index is 1560. The number of carbonyl (C=O) groups excluding carboxylic acids is 2. The minimum Gasteiger partial charge on any atom is -0.481 e. The zero-order chi connectivity index (χ0) is 27.3. The van der Waals surface area contributed by atoms with Gasteiger partial charge in [-0.15, -0.1) is 0 Å². The zero-order valence-corrected chi connectivity index (χ0v) is 22.2. The molecule has 3 aromatic heterocycles. The number of methoxy groups -OCH3 is 1. The van der Waals surface area contributed by atoms with Crippen LogP contribution in [0.4, 0.5) is 4.39 Å². The molecule has 2 bridgehead atoms. The smallest absolute Gasteiger partial charge is 0.274 e. The molecule has 0 saturated carbocycles. The van der Waals surface area contributed by atoms with Crippen LogP contribution < -0.4 is 10.1 Å². The number of halogens is 1.